The highest BCUT2D eigenvalue weighted by Crippen LogP contribution is 2.37. The average Bonchev–Trinajstić information content (AvgIpc) is 2.41. The molecule has 1 aliphatic carbocycles. The molecule has 0 amide bonds. The Bertz CT molecular complexity index is 199. The fraction of sp³-hybridized carbons (Fsp3) is 0.800. The number of nitrogens with one attached hydrogen (secondary N) is 1. The van der Waals surface area contributed by atoms with Crippen molar-refractivity contribution >= 4 is 23.2 Å². The molecular weight excluding hydrogens is 205 g/mol. The second-order valence-corrected chi connectivity index (χ2v) is 5.07. The molecule has 3 heteroatoms. The molecule has 0 aromatic carbocycles. The lowest BCUT2D eigenvalue weighted by Crippen LogP contribution is -2.38. The maximum Gasteiger partial charge on any atom is 0.0432 e. The molecule has 1 rings (SSSR count). The summed E-state index contributed by atoms with van der Waals surface area (Å²) >= 11 is 11.3. The molecular formula is C10H17Cl2N. The monoisotopic (exact) mass is 221 g/mol. The van der Waals surface area contributed by atoms with Crippen LogP contribution in [0.3, 0.4) is 0 Å². The van der Waals surface area contributed by atoms with Gasteiger partial charge in [-0.2, -0.15) is 0 Å². The summed E-state index contributed by atoms with van der Waals surface area (Å²) in [5.74, 6) is 0. The summed E-state index contributed by atoms with van der Waals surface area (Å²) in [6.45, 7) is 5.30. The fourth-order valence-corrected chi connectivity index (χ4v) is 2.12. The quantitative estimate of drug-likeness (QED) is 0.770. The SMILES string of the molecule is CC1(C)CCCC1NCC(Cl)=CCl. The van der Waals surface area contributed by atoms with Crippen LogP contribution in [0.25, 0.3) is 0 Å². The molecule has 0 saturated heterocycles. The van der Waals surface area contributed by atoms with Gasteiger partial charge in [-0.05, 0) is 18.3 Å². The highest BCUT2D eigenvalue weighted by Gasteiger charge is 2.33. The molecule has 1 saturated carbocycles. The maximum atomic E-state index is 5.80. The van der Waals surface area contributed by atoms with Crippen LogP contribution >= 0.6 is 23.2 Å². The van der Waals surface area contributed by atoms with Crippen LogP contribution in [0.1, 0.15) is 33.1 Å². The molecule has 0 heterocycles. The van der Waals surface area contributed by atoms with E-state index in [1.54, 1.807) is 0 Å². The first-order valence-electron chi connectivity index (χ1n) is 4.74. The van der Waals surface area contributed by atoms with Crippen LogP contribution in [0.15, 0.2) is 10.6 Å². The van der Waals surface area contributed by atoms with Crippen LogP contribution in [-0.4, -0.2) is 12.6 Å². The maximum absolute atomic E-state index is 5.80. The van der Waals surface area contributed by atoms with Crippen LogP contribution in [0.2, 0.25) is 0 Å². The lowest BCUT2D eigenvalue weighted by Gasteiger charge is -2.27. The molecule has 0 aromatic rings. The van der Waals surface area contributed by atoms with Gasteiger partial charge in [0.15, 0.2) is 0 Å². The van der Waals surface area contributed by atoms with E-state index in [-0.39, 0.29) is 0 Å². The summed E-state index contributed by atoms with van der Waals surface area (Å²) in [5, 5.41) is 4.12. The van der Waals surface area contributed by atoms with Crippen molar-refractivity contribution in [2.75, 3.05) is 6.54 Å². The number of hydrogen-bond donors (Lipinski definition) is 1. The molecule has 0 bridgehead atoms. The Morgan fingerprint density at radius 2 is 2.31 bits per heavy atom. The van der Waals surface area contributed by atoms with Gasteiger partial charge in [-0.1, -0.05) is 43.5 Å². The van der Waals surface area contributed by atoms with Crippen molar-refractivity contribution in [1.29, 1.82) is 0 Å². The minimum absolute atomic E-state index is 0.406. The van der Waals surface area contributed by atoms with Crippen molar-refractivity contribution < 1.29 is 0 Å². The Hall–Kier alpha value is 0.280. The first kappa shape index (κ1) is 11.4. The highest BCUT2D eigenvalue weighted by atomic mass is 35.5. The number of hydrogen-bond acceptors (Lipinski definition) is 1. The molecule has 1 aliphatic rings. The number of halogens is 2. The average molecular weight is 222 g/mol. The van der Waals surface area contributed by atoms with Crippen LogP contribution in [0, 0.1) is 5.41 Å². The highest BCUT2D eigenvalue weighted by molar-refractivity contribution is 6.36. The zero-order chi connectivity index (χ0) is 9.90. The lowest BCUT2D eigenvalue weighted by atomic mass is 9.87. The normalized spacial score (nSPS) is 28.0. The summed E-state index contributed by atoms with van der Waals surface area (Å²) in [4.78, 5) is 0. The summed E-state index contributed by atoms with van der Waals surface area (Å²) in [5.41, 5.74) is 1.83. The van der Waals surface area contributed by atoms with Crippen molar-refractivity contribution in [2.45, 2.75) is 39.2 Å². The van der Waals surface area contributed by atoms with E-state index >= 15 is 0 Å². The van der Waals surface area contributed by atoms with E-state index in [1.165, 1.54) is 24.8 Å². The third-order valence-corrected chi connectivity index (χ3v) is 3.51. The molecule has 1 nitrogen and oxygen atoms in total. The van der Waals surface area contributed by atoms with Gasteiger partial charge in [0.1, 0.15) is 0 Å². The number of rotatable bonds is 3. The van der Waals surface area contributed by atoms with Crippen molar-refractivity contribution in [3.8, 4) is 0 Å². The van der Waals surface area contributed by atoms with Crippen LogP contribution in [-0.2, 0) is 0 Å². The van der Waals surface area contributed by atoms with Crippen LogP contribution < -0.4 is 5.32 Å². The van der Waals surface area contributed by atoms with E-state index in [0.717, 1.165) is 0 Å². The molecule has 13 heavy (non-hydrogen) atoms. The van der Waals surface area contributed by atoms with Crippen molar-refractivity contribution in [3.05, 3.63) is 10.6 Å². The topological polar surface area (TPSA) is 12.0 Å². The van der Waals surface area contributed by atoms with Gasteiger partial charge in [0.05, 0.1) is 0 Å². The minimum atomic E-state index is 0.406. The molecule has 0 aliphatic heterocycles. The Kier molecular flexibility index (Phi) is 4.08. The van der Waals surface area contributed by atoms with Gasteiger partial charge in [-0.15, -0.1) is 0 Å². The predicted molar refractivity (Wildman–Crippen MR) is 59.2 cm³/mol. The summed E-state index contributed by atoms with van der Waals surface area (Å²) in [6.07, 6.45) is 3.86. The van der Waals surface area contributed by atoms with E-state index in [4.69, 9.17) is 23.2 Å². The van der Waals surface area contributed by atoms with Gasteiger partial charge >= 0.3 is 0 Å². The molecule has 1 fully saturated rings. The smallest absolute Gasteiger partial charge is 0.0432 e. The van der Waals surface area contributed by atoms with E-state index < -0.39 is 0 Å². The van der Waals surface area contributed by atoms with Crippen molar-refractivity contribution in [3.63, 3.8) is 0 Å². The first-order valence-corrected chi connectivity index (χ1v) is 5.56. The molecule has 0 radical (unpaired) electrons. The van der Waals surface area contributed by atoms with E-state index in [1.807, 2.05) is 0 Å². The largest absolute Gasteiger partial charge is 0.308 e. The molecule has 1 N–H and O–H groups in total. The van der Waals surface area contributed by atoms with Crippen molar-refractivity contribution in [2.24, 2.45) is 5.41 Å². The second-order valence-electron chi connectivity index (χ2n) is 4.37. The Morgan fingerprint density at radius 1 is 1.62 bits per heavy atom. The molecule has 1 unspecified atom stereocenters. The second kappa shape index (κ2) is 4.68. The van der Waals surface area contributed by atoms with Crippen LogP contribution in [0.4, 0.5) is 0 Å². The van der Waals surface area contributed by atoms with Gasteiger partial charge in [0, 0.05) is 23.2 Å². The molecule has 0 spiro atoms. The van der Waals surface area contributed by atoms with Crippen molar-refractivity contribution in [1.82, 2.24) is 5.32 Å². The van der Waals surface area contributed by atoms with Gasteiger partial charge in [0.25, 0.3) is 0 Å². The standard InChI is InChI=1S/C10H17Cl2N/c1-10(2)5-3-4-9(10)13-7-8(12)6-11/h6,9,13H,3-5,7H2,1-2H3. The Morgan fingerprint density at radius 3 is 2.77 bits per heavy atom. The van der Waals surface area contributed by atoms with Gasteiger partial charge < -0.3 is 5.32 Å². The zero-order valence-electron chi connectivity index (χ0n) is 8.24. The predicted octanol–water partition coefficient (Wildman–Crippen LogP) is 3.47. The third kappa shape index (κ3) is 3.16. The summed E-state index contributed by atoms with van der Waals surface area (Å²) < 4.78 is 0. The van der Waals surface area contributed by atoms with Gasteiger partial charge in [0.2, 0.25) is 0 Å². The molecule has 76 valence electrons. The fourth-order valence-electron chi connectivity index (χ4n) is 1.96. The first-order chi connectivity index (χ1) is 6.06. The lowest BCUT2D eigenvalue weighted by molar-refractivity contribution is 0.290. The summed E-state index contributed by atoms with van der Waals surface area (Å²) in [6, 6.07) is 0.581. The van der Waals surface area contributed by atoms with Gasteiger partial charge in [-0.25, -0.2) is 0 Å². The van der Waals surface area contributed by atoms with Crippen LogP contribution in [0.5, 0.6) is 0 Å². The van der Waals surface area contributed by atoms with E-state index in [2.05, 4.69) is 19.2 Å². The minimum Gasteiger partial charge on any atom is -0.308 e. The van der Waals surface area contributed by atoms with E-state index in [9.17, 15) is 0 Å². The zero-order valence-corrected chi connectivity index (χ0v) is 9.75. The third-order valence-electron chi connectivity index (χ3n) is 2.89. The van der Waals surface area contributed by atoms with E-state index in [0.29, 0.717) is 23.0 Å². The van der Waals surface area contributed by atoms with Gasteiger partial charge in [-0.3, -0.25) is 0 Å². The molecule has 1 atom stereocenters. The summed E-state index contributed by atoms with van der Waals surface area (Å²) in [7, 11) is 0. The molecule has 0 aromatic heterocycles. The Balaban J connectivity index is 2.37. The Labute approximate surface area is 90.5 Å².